The number of sulfonamides is 1. The lowest BCUT2D eigenvalue weighted by Crippen LogP contribution is -2.22. The van der Waals surface area contributed by atoms with Crippen LogP contribution in [0.5, 0.6) is 0 Å². The monoisotopic (exact) mass is 430 g/mol. The lowest BCUT2D eigenvalue weighted by molar-refractivity contribution is -0.119. The van der Waals surface area contributed by atoms with E-state index in [2.05, 4.69) is 5.32 Å². The molecule has 2 aromatic carbocycles. The van der Waals surface area contributed by atoms with E-state index in [-0.39, 0.29) is 15.5 Å². The van der Waals surface area contributed by atoms with Crippen LogP contribution in [0, 0.1) is 0 Å². The standard InChI is InChI=1S/C17H16Cl2N2O5S/c1-21(2)27(24,25)13-6-4-12(5-7-13)20-16(22)10-26-17(23)11-3-8-14(18)15(19)9-11/h3-9H,10H2,1-2H3,(H,20,22). The fourth-order valence-corrected chi connectivity index (χ4v) is 3.16. The Kier molecular flexibility index (Phi) is 6.83. The van der Waals surface area contributed by atoms with Gasteiger partial charge in [-0.05, 0) is 42.5 Å². The molecular weight excluding hydrogens is 415 g/mol. The molecule has 0 saturated heterocycles. The summed E-state index contributed by atoms with van der Waals surface area (Å²) in [5.74, 6) is -1.30. The fraction of sp³-hybridized carbons (Fsp3) is 0.176. The Morgan fingerprint density at radius 1 is 1.04 bits per heavy atom. The number of amides is 1. The highest BCUT2D eigenvalue weighted by Crippen LogP contribution is 2.23. The molecule has 7 nitrogen and oxygen atoms in total. The van der Waals surface area contributed by atoms with Gasteiger partial charge in [0.2, 0.25) is 10.0 Å². The molecule has 144 valence electrons. The molecule has 1 amide bonds. The van der Waals surface area contributed by atoms with Crippen molar-refractivity contribution in [1.29, 1.82) is 0 Å². The maximum absolute atomic E-state index is 12.0. The Morgan fingerprint density at radius 2 is 1.67 bits per heavy atom. The molecule has 0 saturated carbocycles. The first-order valence-electron chi connectivity index (χ1n) is 7.56. The number of carbonyl (C=O) groups excluding carboxylic acids is 2. The van der Waals surface area contributed by atoms with Gasteiger partial charge in [-0.2, -0.15) is 0 Å². The van der Waals surface area contributed by atoms with Gasteiger partial charge in [-0.25, -0.2) is 17.5 Å². The van der Waals surface area contributed by atoms with Crippen LogP contribution in [0.1, 0.15) is 10.4 Å². The number of halogens is 2. The zero-order chi connectivity index (χ0) is 20.2. The van der Waals surface area contributed by atoms with E-state index in [9.17, 15) is 18.0 Å². The molecule has 10 heteroatoms. The summed E-state index contributed by atoms with van der Waals surface area (Å²) in [6.45, 7) is -0.517. The number of nitrogens with one attached hydrogen (secondary N) is 1. The maximum atomic E-state index is 12.0. The van der Waals surface area contributed by atoms with Gasteiger partial charge in [0.25, 0.3) is 5.91 Å². The molecule has 2 rings (SSSR count). The van der Waals surface area contributed by atoms with Crippen molar-refractivity contribution < 1.29 is 22.7 Å². The van der Waals surface area contributed by atoms with Crippen LogP contribution in [0.3, 0.4) is 0 Å². The number of nitrogens with zero attached hydrogens (tertiary/aromatic N) is 1. The topological polar surface area (TPSA) is 92.8 Å². The maximum Gasteiger partial charge on any atom is 0.338 e. The first-order valence-corrected chi connectivity index (χ1v) is 9.75. The Balaban J connectivity index is 1.94. The lowest BCUT2D eigenvalue weighted by atomic mass is 10.2. The fourth-order valence-electron chi connectivity index (χ4n) is 1.96. The lowest BCUT2D eigenvalue weighted by Gasteiger charge is -2.12. The summed E-state index contributed by atoms with van der Waals surface area (Å²) in [6.07, 6.45) is 0. The van der Waals surface area contributed by atoms with Crippen LogP contribution >= 0.6 is 23.2 Å². The number of benzene rings is 2. The van der Waals surface area contributed by atoms with Gasteiger partial charge >= 0.3 is 5.97 Å². The zero-order valence-corrected chi connectivity index (χ0v) is 16.7. The third-order valence-electron chi connectivity index (χ3n) is 3.41. The third-order valence-corrected chi connectivity index (χ3v) is 5.97. The van der Waals surface area contributed by atoms with Crippen molar-refractivity contribution in [2.45, 2.75) is 4.90 Å². The number of esters is 1. The van der Waals surface area contributed by atoms with Crippen molar-refractivity contribution in [2.24, 2.45) is 0 Å². The van der Waals surface area contributed by atoms with E-state index < -0.39 is 28.5 Å². The molecule has 27 heavy (non-hydrogen) atoms. The summed E-state index contributed by atoms with van der Waals surface area (Å²) < 4.78 is 30.0. The largest absolute Gasteiger partial charge is 0.452 e. The first-order chi connectivity index (χ1) is 12.6. The third kappa shape index (κ3) is 5.43. The predicted octanol–water partition coefficient (Wildman–Crippen LogP) is 3.04. The summed E-state index contributed by atoms with van der Waals surface area (Å²) >= 11 is 11.6. The Morgan fingerprint density at radius 3 is 2.22 bits per heavy atom. The van der Waals surface area contributed by atoms with E-state index in [1.54, 1.807) is 0 Å². The molecule has 0 aromatic heterocycles. The van der Waals surface area contributed by atoms with Crippen LogP contribution in [0.4, 0.5) is 5.69 Å². The van der Waals surface area contributed by atoms with Crippen molar-refractivity contribution >= 4 is 50.8 Å². The number of ether oxygens (including phenoxy) is 1. The second kappa shape index (κ2) is 8.71. The highest BCUT2D eigenvalue weighted by Gasteiger charge is 2.17. The van der Waals surface area contributed by atoms with Crippen LogP contribution in [-0.4, -0.2) is 45.3 Å². The molecule has 0 fully saturated rings. The van der Waals surface area contributed by atoms with Crippen molar-refractivity contribution in [1.82, 2.24) is 4.31 Å². The van der Waals surface area contributed by atoms with E-state index in [0.29, 0.717) is 10.7 Å². The molecule has 0 unspecified atom stereocenters. The van der Waals surface area contributed by atoms with Crippen LogP contribution < -0.4 is 5.32 Å². The molecular formula is C17H16Cl2N2O5S. The smallest absolute Gasteiger partial charge is 0.338 e. The van der Waals surface area contributed by atoms with Crippen molar-refractivity contribution in [2.75, 3.05) is 26.0 Å². The first kappa shape index (κ1) is 21.2. The van der Waals surface area contributed by atoms with Gasteiger partial charge in [-0.15, -0.1) is 0 Å². The highest BCUT2D eigenvalue weighted by atomic mass is 35.5. The van der Waals surface area contributed by atoms with Gasteiger partial charge in [0.05, 0.1) is 20.5 Å². The highest BCUT2D eigenvalue weighted by molar-refractivity contribution is 7.89. The van der Waals surface area contributed by atoms with E-state index in [0.717, 1.165) is 4.31 Å². The van der Waals surface area contributed by atoms with E-state index in [1.165, 1.54) is 56.6 Å². The van der Waals surface area contributed by atoms with Crippen LogP contribution in [0.15, 0.2) is 47.4 Å². The van der Waals surface area contributed by atoms with Crippen molar-refractivity contribution in [3.63, 3.8) is 0 Å². The van der Waals surface area contributed by atoms with Crippen molar-refractivity contribution in [3.05, 3.63) is 58.1 Å². The van der Waals surface area contributed by atoms with Crippen molar-refractivity contribution in [3.8, 4) is 0 Å². The molecule has 1 N–H and O–H groups in total. The molecule has 0 atom stereocenters. The van der Waals surface area contributed by atoms with Gasteiger partial charge in [0.15, 0.2) is 6.61 Å². The minimum Gasteiger partial charge on any atom is -0.452 e. The Hall–Kier alpha value is -2.13. The quantitative estimate of drug-likeness (QED) is 0.710. The number of anilines is 1. The van der Waals surface area contributed by atoms with Gasteiger partial charge in [0, 0.05) is 19.8 Å². The summed E-state index contributed by atoms with van der Waals surface area (Å²) in [6, 6.07) is 9.83. The average Bonchev–Trinajstić information content (AvgIpc) is 2.62. The minimum absolute atomic E-state index is 0.0940. The minimum atomic E-state index is -3.55. The average molecular weight is 431 g/mol. The number of hydrogen-bond donors (Lipinski definition) is 1. The zero-order valence-electron chi connectivity index (χ0n) is 14.4. The molecule has 0 bridgehead atoms. The summed E-state index contributed by atoms with van der Waals surface area (Å²) in [4.78, 5) is 23.9. The van der Waals surface area contributed by atoms with Gasteiger partial charge in [-0.3, -0.25) is 4.79 Å². The van der Waals surface area contributed by atoms with Gasteiger partial charge in [-0.1, -0.05) is 23.2 Å². The SMILES string of the molecule is CN(C)S(=O)(=O)c1ccc(NC(=O)COC(=O)c2ccc(Cl)c(Cl)c2)cc1. The second-order valence-electron chi connectivity index (χ2n) is 5.57. The second-order valence-corrected chi connectivity index (χ2v) is 8.53. The summed E-state index contributed by atoms with van der Waals surface area (Å²) in [7, 11) is -0.702. The number of carbonyl (C=O) groups is 2. The normalized spacial score (nSPS) is 11.3. The molecule has 0 aliphatic heterocycles. The van der Waals surface area contributed by atoms with E-state index in [1.807, 2.05) is 0 Å². The van der Waals surface area contributed by atoms with Crippen LogP contribution in [0.25, 0.3) is 0 Å². The molecule has 0 aliphatic carbocycles. The summed E-state index contributed by atoms with van der Waals surface area (Å²) in [5, 5.41) is 3.00. The molecule has 0 heterocycles. The van der Waals surface area contributed by atoms with Gasteiger partial charge in [0.1, 0.15) is 0 Å². The van der Waals surface area contributed by atoms with Crippen LogP contribution in [-0.2, 0) is 19.6 Å². The van der Waals surface area contributed by atoms with Crippen LogP contribution in [0.2, 0.25) is 10.0 Å². The molecule has 0 spiro atoms. The molecule has 0 radical (unpaired) electrons. The predicted molar refractivity (Wildman–Crippen MR) is 103 cm³/mol. The Bertz CT molecular complexity index is 960. The van der Waals surface area contributed by atoms with Gasteiger partial charge < -0.3 is 10.1 Å². The molecule has 2 aromatic rings. The Labute approximate surface area is 166 Å². The van der Waals surface area contributed by atoms with E-state index >= 15 is 0 Å². The molecule has 0 aliphatic rings. The number of rotatable bonds is 6. The summed E-state index contributed by atoms with van der Waals surface area (Å²) in [5.41, 5.74) is 0.527. The van der Waals surface area contributed by atoms with E-state index in [4.69, 9.17) is 27.9 Å². The number of hydrogen-bond acceptors (Lipinski definition) is 5.